The van der Waals surface area contributed by atoms with Crippen LogP contribution in [-0.2, 0) is 4.79 Å². The third-order valence-electron chi connectivity index (χ3n) is 3.02. The zero-order valence-electron chi connectivity index (χ0n) is 10.9. The topological polar surface area (TPSA) is 49.4 Å². The molecule has 0 unspecified atom stereocenters. The summed E-state index contributed by atoms with van der Waals surface area (Å²) in [5.74, 6) is 4.65. The van der Waals surface area contributed by atoms with Crippen molar-refractivity contribution < 1.29 is 9.59 Å². The van der Waals surface area contributed by atoms with Crippen LogP contribution >= 0.6 is 0 Å². The van der Waals surface area contributed by atoms with Gasteiger partial charge in [0.1, 0.15) is 0 Å². The average Bonchev–Trinajstić information content (AvgIpc) is 2.93. The van der Waals surface area contributed by atoms with Crippen LogP contribution in [0.4, 0.5) is 5.69 Å². The summed E-state index contributed by atoms with van der Waals surface area (Å²) in [6, 6.07) is 6.91. The van der Waals surface area contributed by atoms with Gasteiger partial charge in [0.2, 0.25) is 0 Å². The fourth-order valence-corrected chi connectivity index (χ4v) is 2.07. The monoisotopic (exact) mass is 256 g/mol. The Kier molecular flexibility index (Phi) is 4.19. The van der Waals surface area contributed by atoms with Gasteiger partial charge < -0.3 is 10.2 Å². The lowest BCUT2D eigenvalue weighted by molar-refractivity contribution is -0.111. The Labute approximate surface area is 112 Å². The lowest BCUT2D eigenvalue weighted by Gasteiger charge is -2.15. The molecular formula is C15H16N2O2. The number of anilines is 1. The molecule has 1 aromatic carbocycles. The summed E-state index contributed by atoms with van der Waals surface area (Å²) in [6.45, 7) is 3.28. The van der Waals surface area contributed by atoms with E-state index in [1.165, 1.54) is 0 Å². The lowest BCUT2D eigenvalue weighted by atomic mass is 10.2. The van der Waals surface area contributed by atoms with Gasteiger partial charge >= 0.3 is 0 Å². The third kappa shape index (κ3) is 3.35. The van der Waals surface area contributed by atoms with Crippen molar-refractivity contribution in [3.8, 4) is 11.8 Å². The zero-order valence-corrected chi connectivity index (χ0v) is 10.9. The van der Waals surface area contributed by atoms with Gasteiger partial charge in [0.15, 0.2) is 0 Å². The number of carbonyl (C=O) groups excluding carboxylic acids is 2. The summed E-state index contributed by atoms with van der Waals surface area (Å²) in [5.41, 5.74) is 1.30. The molecule has 0 aromatic heterocycles. The van der Waals surface area contributed by atoms with E-state index in [-0.39, 0.29) is 11.8 Å². The molecule has 1 saturated heterocycles. The van der Waals surface area contributed by atoms with E-state index in [1.807, 2.05) is 4.90 Å². The van der Waals surface area contributed by atoms with Crippen LogP contribution in [0.3, 0.4) is 0 Å². The van der Waals surface area contributed by atoms with E-state index in [4.69, 9.17) is 0 Å². The SMILES string of the molecule is CC#CC(=O)Nc1ccc(C(=O)N2CCCC2)cc1. The Morgan fingerprint density at radius 1 is 1.16 bits per heavy atom. The van der Waals surface area contributed by atoms with Crippen molar-refractivity contribution in [1.29, 1.82) is 0 Å². The number of hydrogen-bond acceptors (Lipinski definition) is 2. The normalized spacial score (nSPS) is 13.6. The van der Waals surface area contributed by atoms with Crippen molar-refractivity contribution in [2.75, 3.05) is 18.4 Å². The van der Waals surface area contributed by atoms with E-state index >= 15 is 0 Å². The van der Waals surface area contributed by atoms with Gasteiger partial charge in [0, 0.05) is 24.3 Å². The number of hydrogen-bond donors (Lipinski definition) is 1. The van der Waals surface area contributed by atoms with Crippen molar-refractivity contribution >= 4 is 17.5 Å². The molecule has 1 aliphatic heterocycles. The van der Waals surface area contributed by atoms with Crippen molar-refractivity contribution in [2.24, 2.45) is 0 Å². The molecule has 4 heteroatoms. The van der Waals surface area contributed by atoms with Crippen LogP contribution in [0.2, 0.25) is 0 Å². The van der Waals surface area contributed by atoms with Crippen LogP contribution in [0.15, 0.2) is 24.3 Å². The van der Waals surface area contributed by atoms with Crippen LogP contribution in [0, 0.1) is 11.8 Å². The fourth-order valence-electron chi connectivity index (χ4n) is 2.07. The molecule has 2 rings (SSSR count). The molecule has 0 saturated carbocycles. The Hall–Kier alpha value is -2.28. The minimum absolute atomic E-state index is 0.0590. The number of carbonyl (C=O) groups is 2. The van der Waals surface area contributed by atoms with E-state index in [2.05, 4.69) is 17.2 Å². The first-order valence-corrected chi connectivity index (χ1v) is 6.34. The van der Waals surface area contributed by atoms with Crippen molar-refractivity contribution in [1.82, 2.24) is 4.90 Å². The minimum Gasteiger partial charge on any atom is -0.339 e. The number of amides is 2. The first kappa shape index (κ1) is 13.2. The summed E-state index contributed by atoms with van der Waals surface area (Å²) in [4.78, 5) is 25.2. The van der Waals surface area contributed by atoms with E-state index in [9.17, 15) is 9.59 Å². The van der Waals surface area contributed by atoms with Gasteiger partial charge in [-0.2, -0.15) is 0 Å². The van der Waals surface area contributed by atoms with Crippen LogP contribution in [-0.4, -0.2) is 29.8 Å². The van der Waals surface area contributed by atoms with Gasteiger partial charge in [-0.3, -0.25) is 9.59 Å². The maximum absolute atomic E-state index is 12.1. The maximum atomic E-state index is 12.1. The molecule has 0 aliphatic carbocycles. The Bertz CT molecular complexity index is 532. The highest BCUT2D eigenvalue weighted by atomic mass is 16.2. The second kappa shape index (κ2) is 6.05. The highest BCUT2D eigenvalue weighted by Crippen LogP contribution is 2.15. The quantitative estimate of drug-likeness (QED) is 0.821. The van der Waals surface area contributed by atoms with Crippen molar-refractivity contribution in [3.63, 3.8) is 0 Å². The summed E-state index contributed by atoms with van der Waals surface area (Å²) >= 11 is 0. The first-order valence-electron chi connectivity index (χ1n) is 6.34. The van der Waals surface area contributed by atoms with E-state index in [0.717, 1.165) is 25.9 Å². The van der Waals surface area contributed by atoms with Crippen LogP contribution in [0.25, 0.3) is 0 Å². The summed E-state index contributed by atoms with van der Waals surface area (Å²) in [7, 11) is 0. The smallest absolute Gasteiger partial charge is 0.300 e. The Morgan fingerprint density at radius 2 is 1.79 bits per heavy atom. The number of nitrogens with zero attached hydrogens (tertiary/aromatic N) is 1. The summed E-state index contributed by atoms with van der Waals surface area (Å²) in [5, 5.41) is 2.64. The van der Waals surface area contributed by atoms with Gasteiger partial charge in [-0.25, -0.2) is 0 Å². The molecule has 0 radical (unpaired) electrons. The van der Waals surface area contributed by atoms with E-state index < -0.39 is 0 Å². The number of rotatable bonds is 2. The van der Waals surface area contributed by atoms with Crippen molar-refractivity contribution in [2.45, 2.75) is 19.8 Å². The summed E-state index contributed by atoms with van der Waals surface area (Å²) < 4.78 is 0. The maximum Gasteiger partial charge on any atom is 0.300 e. The predicted molar refractivity (Wildman–Crippen MR) is 73.7 cm³/mol. The van der Waals surface area contributed by atoms with E-state index in [1.54, 1.807) is 31.2 Å². The Balaban J connectivity index is 2.02. The number of nitrogens with one attached hydrogen (secondary N) is 1. The van der Waals surface area contributed by atoms with Crippen LogP contribution in [0.1, 0.15) is 30.1 Å². The molecule has 1 N–H and O–H groups in total. The minimum atomic E-state index is -0.346. The molecule has 2 amide bonds. The predicted octanol–water partition coefficient (Wildman–Crippen LogP) is 1.88. The van der Waals surface area contributed by atoms with Gasteiger partial charge in [-0.15, -0.1) is 0 Å². The fraction of sp³-hybridized carbons (Fsp3) is 0.333. The molecule has 1 fully saturated rings. The van der Waals surface area contributed by atoms with Crippen LogP contribution in [0.5, 0.6) is 0 Å². The molecular weight excluding hydrogens is 240 g/mol. The standard InChI is InChI=1S/C15H16N2O2/c1-2-5-14(18)16-13-8-6-12(7-9-13)15(19)17-10-3-4-11-17/h6-9H,3-4,10-11H2,1H3,(H,16,18). The van der Waals surface area contributed by atoms with E-state index in [0.29, 0.717) is 11.3 Å². The molecule has 19 heavy (non-hydrogen) atoms. The van der Waals surface area contributed by atoms with Gasteiger partial charge in [0.05, 0.1) is 0 Å². The second-order valence-electron chi connectivity index (χ2n) is 4.41. The first-order chi connectivity index (χ1) is 9.20. The highest BCUT2D eigenvalue weighted by Gasteiger charge is 2.19. The van der Waals surface area contributed by atoms with Crippen LogP contribution < -0.4 is 5.32 Å². The molecule has 98 valence electrons. The molecule has 0 spiro atoms. The molecule has 1 heterocycles. The second-order valence-corrected chi connectivity index (χ2v) is 4.41. The molecule has 1 aromatic rings. The van der Waals surface area contributed by atoms with Gasteiger partial charge in [-0.1, -0.05) is 5.92 Å². The molecule has 0 atom stereocenters. The third-order valence-corrected chi connectivity index (χ3v) is 3.02. The van der Waals surface area contributed by atoms with Crippen molar-refractivity contribution in [3.05, 3.63) is 29.8 Å². The largest absolute Gasteiger partial charge is 0.339 e. The molecule has 0 bridgehead atoms. The van der Waals surface area contributed by atoms with Gasteiger partial charge in [-0.05, 0) is 50.0 Å². The molecule has 1 aliphatic rings. The zero-order chi connectivity index (χ0) is 13.7. The Morgan fingerprint density at radius 3 is 2.37 bits per heavy atom. The van der Waals surface area contributed by atoms with Gasteiger partial charge in [0.25, 0.3) is 11.8 Å². The highest BCUT2D eigenvalue weighted by molar-refractivity contribution is 6.04. The number of benzene rings is 1. The molecule has 4 nitrogen and oxygen atoms in total. The lowest BCUT2D eigenvalue weighted by Crippen LogP contribution is -2.27. The summed E-state index contributed by atoms with van der Waals surface area (Å²) in [6.07, 6.45) is 2.16. The number of likely N-dealkylation sites (tertiary alicyclic amines) is 1. The average molecular weight is 256 g/mol.